The molecule has 0 aliphatic carbocycles. The first-order chi connectivity index (χ1) is 6.88. The minimum Gasteiger partial charge on any atom is -0.349 e. The number of rotatable bonds is 0. The summed E-state index contributed by atoms with van der Waals surface area (Å²) in [7, 11) is 0. The maximum absolute atomic E-state index is 5.52. The van der Waals surface area contributed by atoms with Crippen molar-refractivity contribution < 1.29 is 0 Å². The summed E-state index contributed by atoms with van der Waals surface area (Å²) in [5.41, 5.74) is 0. The number of piperidine rings is 1. The van der Waals surface area contributed by atoms with E-state index in [1.165, 1.54) is 32.4 Å². The van der Waals surface area contributed by atoms with Crippen molar-refractivity contribution >= 4 is 17.3 Å². The van der Waals surface area contributed by atoms with Crippen LogP contribution in [0.5, 0.6) is 0 Å². The Labute approximate surface area is 91.4 Å². The van der Waals surface area contributed by atoms with Crippen molar-refractivity contribution in [3.63, 3.8) is 0 Å². The SMILES string of the molecule is S=C(N1CCCCC1)N1CCNCC1. The predicted octanol–water partition coefficient (Wildman–Crippen LogP) is 0.662. The van der Waals surface area contributed by atoms with Gasteiger partial charge < -0.3 is 15.1 Å². The van der Waals surface area contributed by atoms with E-state index in [2.05, 4.69) is 15.1 Å². The van der Waals surface area contributed by atoms with Crippen LogP contribution in [0.3, 0.4) is 0 Å². The minimum atomic E-state index is 1.08. The Morgan fingerprint density at radius 3 is 2.07 bits per heavy atom. The molecule has 2 fully saturated rings. The first-order valence-corrected chi connectivity index (χ1v) is 6.03. The number of likely N-dealkylation sites (tertiary alicyclic amines) is 1. The smallest absolute Gasteiger partial charge is 0.171 e. The number of nitrogens with zero attached hydrogens (tertiary/aromatic N) is 2. The maximum atomic E-state index is 5.52. The highest BCUT2D eigenvalue weighted by molar-refractivity contribution is 7.80. The van der Waals surface area contributed by atoms with Crippen LogP contribution in [0.15, 0.2) is 0 Å². The molecule has 0 aromatic heterocycles. The van der Waals surface area contributed by atoms with Gasteiger partial charge in [0.15, 0.2) is 5.11 Å². The van der Waals surface area contributed by atoms with Gasteiger partial charge in [-0.1, -0.05) is 0 Å². The molecule has 2 aliphatic heterocycles. The Bertz CT molecular complexity index is 176. The van der Waals surface area contributed by atoms with Gasteiger partial charge in [-0.3, -0.25) is 0 Å². The molecule has 0 spiro atoms. The standard InChI is InChI=1S/C10H19N3S/c14-10(12-6-2-1-3-7-12)13-8-4-11-5-9-13/h11H,1-9H2. The molecule has 0 saturated carbocycles. The monoisotopic (exact) mass is 213 g/mol. The summed E-state index contributed by atoms with van der Waals surface area (Å²) in [5, 5.41) is 4.44. The van der Waals surface area contributed by atoms with Crippen LogP contribution in [0.1, 0.15) is 19.3 Å². The van der Waals surface area contributed by atoms with Crippen LogP contribution in [0, 0.1) is 0 Å². The summed E-state index contributed by atoms with van der Waals surface area (Å²) in [6.07, 6.45) is 4.00. The first-order valence-electron chi connectivity index (χ1n) is 5.62. The zero-order chi connectivity index (χ0) is 9.80. The molecule has 0 amide bonds. The summed E-state index contributed by atoms with van der Waals surface area (Å²) in [6.45, 7) is 6.65. The summed E-state index contributed by atoms with van der Waals surface area (Å²) in [4.78, 5) is 4.72. The molecule has 0 unspecified atom stereocenters. The first kappa shape index (κ1) is 10.2. The zero-order valence-corrected chi connectivity index (χ0v) is 9.48. The highest BCUT2D eigenvalue weighted by Crippen LogP contribution is 2.11. The molecule has 4 heteroatoms. The third-order valence-corrected chi connectivity index (χ3v) is 3.53. The summed E-state index contributed by atoms with van der Waals surface area (Å²) in [5.74, 6) is 0. The highest BCUT2D eigenvalue weighted by Gasteiger charge is 2.19. The third kappa shape index (κ3) is 2.36. The van der Waals surface area contributed by atoms with Crippen LogP contribution in [-0.2, 0) is 0 Å². The van der Waals surface area contributed by atoms with Crippen LogP contribution in [0.2, 0.25) is 0 Å². The van der Waals surface area contributed by atoms with Gasteiger partial charge in [0.2, 0.25) is 0 Å². The second-order valence-corrected chi connectivity index (χ2v) is 4.43. The molecule has 80 valence electrons. The van der Waals surface area contributed by atoms with Crippen molar-refractivity contribution in [3.8, 4) is 0 Å². The van der Waals surface area contributed by atoms with E-state index in [4.69, 9.17) is 12.2 Å². The molecule has 0 aromatic carbocycles. The van der Waals surface area contributed by atoms with E-state index in [1.807, 2.05) is 0 Å². The largest absolute Gasteiger partial charge is 0.349 e. The Morgan fingerprint density at radius 2 is 1.43 bits per heavy atom. The van der Waals surface area contributed by atoms with Crippen molar-refractivity contribution in [1.82, 2.24) is 15.1 Å². The van der Waals surface area contributed by atoms with Crippen molar-refractivity contribution in [2.45, 2.75) is 19.3 Å². The molecule has 0 radical (unpaired) electrons. The van der Waals surface area contributed by atoms with Gasteiger partial charge in [-0.05, 0) is 31.5 Å². The van der Waals surface area contributed by atoms with Crippen LogP contribution < -0.4 is 5.32 Å². The van der Waals surface area contributed by atoms with Crippen LogP contribution in [0.25, 0.3) is 0 Å². The molecular weight excluding hydrogens is 194 g/mol. The van der Waals surface area contributed by atoms with E-state index in [-0.39, 0.29) is 0 Å². The molecule has 0 bridgehead atoms. The van der Waals surface area contributed by atoms with Gasteiger partial charge in [0, 0.05) is 39.3 Å². The number of thiocarbonyl (C=S) groups is 1. The summed E-state index contributed by atoms with van der Waals surface area (Å²) >= 11 is 5.52. The minimum absolute atomic E-state index is 1.08. The van der Waals surface area contributed by atoms with E-state index in [1.54, 1.807) is 0 Å². The van der Waals surface area contributed by atoms with E-state index < -0.39 is 0 Å². The van der Waals surface area contributed by atoms with Crippen LogP contribution in [0.4, 0.5) is 0 Å². The maximum Gasteiger partial charge on any atom is 0.171 e. The van der Waals surface area contributed by atoms with Gasteiger partial charge in [0.1, 0.15) is 0 Å². The molecule has 14 heavy (non-hydrogen) atoms. The lowest BCUT2D eigenvalue weighted by atomic mass is 10.1. The Kier molecular flexibility index (Phi) is 3.59. The van der Waals surface area contributed by atoms with Crippen molar-refractivity contribution in [2.24, 2.45) is 0 Å². The second kappa shape index (κ2) is 4.94. The fourth-order valence-corrected chi connectivity index (χ4v) is 2.51. The quantitative estimate of drug-likeness (QED) is 0.596. The second-order valence-electron chi connectivity index (χ2n) is 4.07. The molecule has 2 heterocycles. The third-order valence-electron chi connectivity index (χ3n) is 3.01. The van der Waals surface area contributed by atoms with E-state index in [0.29, 0.717) is 0 Å². The predicted molar refractivity (Wildman–Crippen MR) is 62.5 cm³/mol. The fraction of sp³-hybridized carbons (Fsp3) is 0.900. The lowest BCUT2D eigenvalue weighted by Gasteiger charge is -2.37. The molecule has 2 rings (SSSR count). The average molecular weight is 213 g/mol. The van der Waals surface area contributed by atoms with Gasteiger partial charge >= 0.3 is 0 Å². The fourth-order valence-electron chi connectivity index (χ4n) is 2.14. The Morgan fingerprint density at radius 1 is 0.857 bits per heavy atom. The molecule has 0 atom stereocenters. The van der Waals surface area contributed by atoms with Crippen molar-refractivity contribution in [3.05, 3.63) is 0 Å². The van der Waals surface area contributed by atoms with E-state index in [9.17, 15) is 0 Å². The number of nitrogens with one attached hydrogen (secondary N) is 1. The Balaban J connectivity index is 1.85. The topological polar surface area (TPSA) is 18.5 Å². The molecule has 1 N–H and O–H groups in total. The lowest BCUT2D eigenvalue weighted by Crippen LogP contribution is -2.52. The summed E-state index contributed by atoms with van der Waals surface area (Å²) in [6, 6.07) is 0. The number of piperazine rings is 1. The molecule has 2 aliphatic rings. The number of hydrogen-bond acceptors (Lipinski definition) is 2. The molecule has 3 nitrogen and oxygen atoms in total. The number of hydrogen-bond donors (Lipinski definition) is 1. The zero-order valence-electron chi connectivity index (χ0n) is 8.67. The normalized spacial score (nSPS) is 23.7. The van der Waals surface area contributed by atoms with Gasteiger partial charge in [0.25, 0.3) is 0 Å². The van der Waals surface area contributed by atoms with E-state index >= 15 is 0 Å². The average Bonchev–Trinajstić information content (AvgIpc) is 2.30. The molecule has 2 saturated heterocycles. The van der Waals surface area contributed by atoms with Gasteiger partial charge in [0.05, 0.1) is 0 Å². The lowest BCUT2D eigenvalue weighted by molar-refractivity contribution is 0.273. The molecular formula is C10H19N3S. The van der Waals surface area contributed by atoms with Gasteiger partial charge in [-0.2, -0.15) is 0 Å². The van der Waals surface area contributed by atoms with Gasteiger partial charge in [-0.25, -0.2) is 0 Å². The van der Waals surface area contributed by atoms with Crippen LogP contribution in [-0.4, -0.2) is 54.2 Å². The van der Waals surface area contributed by atoms with Crippen LogP contribution >= 0.6 is 12.2 Å². The highest BCUT2D eigenvalue weighted by atomic mass is 32.1. The molecule has 0 aromatic rings. The van der Waals surface area contributed by atoms with Crippen molar-refractivity contribution in [1.29, 1.82) is 0 Å². The summed E-state index contributed by atoms with van der Waals surface area (Å²) < 4.78 is 0. The van der Waals surface area contributed by atoms with Crippen molar-refractivity contribution in [2.75, 3.05) is 39.3 Å². The Hall–Kier alpha value is -0.350. The van der Waals surface area contributed by atoms with E-state index in [0.717, 1.165) is 31.3 Å². The van der Waals surface area contributed by atoms with Gasteiger partial charge in [-0.15, -0.1) is 0 Å².